The van der Waals surface area contributed by atoms with Gasteiger partial charge < -0.3 is 10.5 Å². The van der Waals surface area contributed by atoms with Crippen molar-refractivity contribution in [2.75, 3.05) is 7.11 Å². The van der Waals surface area contributed by atoms with Crippen LogP contribution in [0.4, 0.5) is 13.2 Å². The molecule has 0 heterocycles. The molecule has 1 saturated carbocycles. The van der Waals surface area contributed by atoms with Crippen molar-refractivity contribution in [2.45, 2.75) is 37.4 Å². The highest BCUT2D eigenvalue weighted by Crippen LogP contribution is 2.55. The Morgan fingerprint density at radius 3 is 2.32 bits per heavy atom. The highest BCUT2D eigenvalue weighted by Gasteiger charge is 2.52. The summed E-state index contributed by atoms with van der Waals surface area (Å²) in [6, 6.07) is 2.23. The lowest BCUT2D eigenvalue weighted by Gasteiger charge is -2.25. The second kappa shape index (κ2) is 4.66. The van der Waals surface area contributed by atoms with Crippen molar-refractivity contribution < 1.29 is 17.9 Å². The minimum atomic E-state index is -4.41. The Morgan fingerprint density at radius 1 is 1.37 bits per heavy atom. The van der Waals surface area contributed by atoms with E-state index < -0.39 is 17.2 Å². The van der Waals surface area contributed by atoms with Gasteiger partial charge in [0.1, 0.15) is 5.75 Å². The monoisotopic (exact) mass is 337 g/mol. The Hall–Kier alpha value is -0.750. The van der Waals surface area contributed by atoms with E-state index in [0.29, 0.717) is 17.3 Å². The summed E-state index contributed by atoms with van der Waals surface area (Å²) in [5.41, 5.74) is 4.94. The van der Waals surface area contributed by atoms with Gasteiger partial charge in [-0.1, -0.05) is 0 Å². The summed E-state index contributed by atoms with van der Waals surface area (Å²) < 4.78 is 45.1. The zero-order valence-electron chi connectivity index (χ0n) is 10.6. The molecule has 2 rings (SSSR count). The fourth-order valence-corrected chi connectivity index (χ4v) is 2.97. The summed E-state index contributed by atoms with van der Waals surface area (Å²) in [6.07, 6.45) is -3.03. The number of benzene rings is 1. The predicted octanol–water partition coefficient (Wildman–Crippen LogP) is 3.86. The number of nitrogens with two attached hydrogens (primary N) is 1. The van der Waals surface area contributed by atoms with Crippen molar-refractivity contribution in [1.29, 1.82) is 0 Å². The SMILES string of the molecule is COc1cc(C(F)(F)F)c(C2(C(C)N)CC2)cc1Br. The number of ether oxygens (including phenoxy) is 1. The third-order valence-electron chi connectivity index (χ3n) is 3.79. The molecule has 2 nitrogen and oxygen atoms in total. The van der Waals surface area contributed by atoms with Crippen LogP contribution in [0.3, 0.4) is 0 Å². The molecular formula is C13H15BrF3NO. The molecule has 1 aromatic carbocycles. The lowest BCUT2D eigenvalue weighted by molar-refractivity contribution is -0.138. The zero-order chi connectivity index (χ0) is 14.4. The van der Waals surface area contributed by atoms with Gasteiger partial charge in [-0.3, -0.25) is 0 Å². The Bertz CT molecular complexity index is 495. The average molecular weight is 338 g/mol. The first kappa shape index (κ1) is 14.7. The molecule has 0 bridgehead atoms. The molecule has 1 aromatic rings. The smallest absolute Gasteiger partial charge is 0.416 e. The van der Waals surface area contributed by atoms with Gasteiger partial charge in [-0.15, -0.1) is 0 Å². The minimum absolute atomic E-state index is 0.177. The molecule has 0 amide bonds. The molecule has 0 aromatic heterocycles. The molecule has 1 aliphatic carbocycles. The second-order valence-corrected chi connectivity index (χ2v) is 5.83. The van der Waals surface area contributed by atoms with Crippen LogP contribution in [-0.2, 0) is 11.6 Å². The molecule has 0 spiro atoms. The normalized spacial score (nSPS) is 19.1. The highest BCUT2D eigenvalue weighted by atomic mass is 79.9. The molecule has 0 aliphatic heterocycles. The van der Waals surface area contributed by atoms with E-state index in [2.05, 4.69) is 15.9 Å². The fraction of sp³-hybridized carbons (Fsp3) is 0.538. The molecule has 0 radical (unpaired) electrons. The number of methoxy groups -OCH3 is 1. The third-order valence-corrected chi connectivity index (χ3v) is 4.41. The maximum Gasteiger partial charge on any atom is 0.416 e. The second-order valence-electron chi connectivity index (χ2n) is 4.97. The molecule has 1 aliphatic rings. The molecule has 0 saturated heterocycles. The maximum atomic E-state index is 13.2. The summed E-state index contributed by atoms with van der Waals surface area (Å²) >= 11 is 3.24. The zero-order valence-corrected chi connectivity index (χ0v) is 12.2. The number of rotatable bonds is 3. The van der Waals surface area contributed by atoms with E-state index >= 15 is 0 Å². The van der Waals surface area contributed by atoms with Crippen LogP contribution in [-0.4, -0.2) is 13.2 Å². The standard InChI is InChI=1S/C13H15BrF3NO/c1-7(18)12(3-4-12)8-5-10(14)11(19-2)6-9(8)13(15,16)17/h5-7H,3-4,18H2,1-2H3. The number of hydrogen-bond donors (Lipinski definition) is 1. The Labute approximate surface area is 118 Å². The summed E-state index contributed by atoms with van der Waals surface area (Å²) in [5, 5.41) is 0. The lowest BCUT2D eigenvalue weighted by atomic mass is 9.85. The van der Waals surface area contributed by atoms with Crippen molar-refractivity contribution in [3.05, 3.63) is 27.7 Å². The van der Waals surface area contributed by atoms with E-state index in [-0.39, 0.29) is 17.4 Å². The molecule has 2 N–H and O–H groups in total. The molecule has 19 heavy (non-hydrogen) atoms. The van der Waals surface area contributed by atoms with E-state index in [1.165, 1.54) is 13.2 Å². The van der Waals surface area contributed by atoms with Gasteiger partial charge in [0.25, 0.3) is 0 Å². The molecule has 6 heteroatoms. The van der Waals surface area contributed by atoms with Crippen LogP contribution in [0.15, 0.2) is 16.6 Å². The highest BCUT2D eigenvalue weighted by molar-refractivity contribution is 9.10. The topological polar surface area (TPSA) is 35.2 Å². The van der Waals surface area contributed by atoms with Crippen molar-refractivity contribution in [3.63, 3.8) is 0 Å². The molecule has 1 unspecified atom stereocenters. The first-order chi connectivity index (χ1) is 8.72. The number of hydrogen-bond acceptors (Lipinski definition) is 2. The molecule has 106 valence electrons. The summed E-state index contributed by atoms with van der Waals surface area (Å²) in [5.74, 6) is 0.177. The van der Waals surface area contributed by atoms with Gasteiger partial charge >= 0.3 is 6.18 Å². The Morgan fingerprint density at radius 2 is 1.95 bits per heavy atom. The van der Waals surface area contributed by atoms with Crippen molar-refractivity contribution in [2.24, 2.45) is 5.73 Å². The van der Waals surface area contributed by atoms with E-state index in [1.54, 1.807) is 6.92 Å². The van der Waals surface area contributed by atoms with E-state index in [4.69, 9.17) is 10.5 Å². The lowest BCUT2D eigenvalue weighted by Crippen LogP contribution is -2.33. The van der Waals surface area contributed by atoms with Crippen molar-refractivity contribution in [1.82, 2.24) is 0 Å². The van der Waals surface area contributed by atoms with Gasteiger partial charge in [-0.2, -0.15) is 13.2 Å². The molecular weight excluding hydrogens is 323 g/mol. The maximum absolute atomic E-state index is 13.2. The van der Waals surface area contributed by atoms with Crippen molar-refractivity contribution in [3.8, 4) is 5.75 Å². The van der Waals surface area contributed by atoms with Gasteiger partial charge in [0.2, 0.25) is 0 Å². The van der Waals surface area contributed by atoms with E-state index in [0.717, 1.165) is 6.07 Å². The summed E-state index contributed by atoms with van der Waals surface area (Å²) in [4.78, 5) is 0. The van der Waals surface area contributed by atoms with Crippen LogP contribution in [0.1, 0.15) is 30.9 Å². The Kier molecular flexibility index (Phi) is 3.60. The molecule has 1 fully saturated rings. The largest absolute Gasteiger partial charge is 0.496 e. The van der Waals surface area contributed by atoms with E-state index in [1.807, 2.05) is 0 Å². The van der Waals surface area contributed by atoms with Gasteiger partial charge in [-0.25, -0.2) is 0 Å². The first-order valence-corrected chi connectivity index (χ1v) is 6.72. The van der Waals surface area contributed by atoms with Gasteiger partial charge in [0, 0.05) is 11.5 Å². The first-order valence-electron chi connectivity index (χ1n) is 5.93. The third kappa shape index (κ3) is 2.48. The average Bonchev–Trinajstić information content (AvgIpc) is 3.08. The van der Waals surface area contributed by atoms with Crippen LogP contribution < -0.4 is 10.5 Å². The van der Waals surface area contributed by atoms with Crippen LogP contribution >= 0.6 is 15.9 Å². The summed E-state index contributed by atoms with van der Waals surface area (Å²) in [6.45, 7) is 1.76. The van der Waals surface area contributed by atoms with E-state index in [9.17, 15) is 13.2 Å². The van der Waals surface area contributed by atoms with Crippen LogP contribution in [0.5, 0.6) is 5.75 Å². The van der Waals surface area contributed by atoms with Crippen LogP contribution in [0, 0.1) is 0 Å². The quantitative estimate of drug-likeness (QED) is 0.909. The Balaban J connectivity index is 2.63. The van der Waals surface area contributed by atoms with Crippen molar-refractivity contribution >= 4 is 15.9 Å². The van der Waals surface area contributed by atoms with Gasteiger partial charge in [0.05, 0.1) is 17.1 Å². The number of alkyl halides is 3. The van der Waals surface area contributed by atoms with Crippen LogP contribution in [0.2, 0.25) is 0 Å². The fourth-order valence-electron chi connectivity index (χ4n) is 2.46. The van der Waals surface area contributed by atoms with Gasteiger partial charge in [-0.05, 0) is 53.4 Å². The predicted molar refractivity (Wildman–Crippen MR) is 70.3 cm³/mol. The minimum Gasteiger partial charge on any atom is -0.496 e. The van der Waals surface area contributed by atoms with Gasteiger partial charge in [0.15, 0.2) is 0 Å². The summed E-state index contributed by atoms with van der Waals surface area (Å²) in [7, 11) is 1.35. The number of halogens is 4. The molecule has 1 atom stereocenters. The van der Waals surface area contributed by atoms with Crippen LogP contribution in [0.25, 0.3) is 0 Å².